The van der Waals surface area contributed by atoms with Crippen molar-refractivity contribution in [3.05, 3.63) is 11.1 Å². The van der Waals surface area contributed by atoms with E-state index in [1.165, 1.54) is 18.9 Å². The maximum atomic E-state index is 10.1. The van der Waals surface area contributed by atoms with Crippen LogP contribution in [0.15, 0.2) is 11.1 Å². The van der Waals surface area contributed by atoms with E-state index in [2.05, 4.69) is 6.92 Å². The highest BCUT2D eigenvalue weighted by Gasteiger charge is 2.25. The van der Waals surface area contributed by atoms with E-state index in [0.717, 1.165) is 17.7 Å². The van der Waals surface area contributed by atoms with E-state index in [0.29, 0.717) is 11.8 Å². The molecular formula is C9H13ClO. The summed E-state index contributed by atoms with van der Waals surface area (Å²) in [5.74, 6) is 1.10. The van der Waals surface area contributed by atoms with Crippen molar-refractivity contribution < 1.29 is 4.79 Å². The number of allylic oxidation sites excluding steroid dienone is 2. The Morgan fingerprint density at radius 1 is 1.55 bits per heavy atom. The molecule has 0 radical (unpaired) electrons. The van der Waals surface area contributed by atoms with E-state index in [1.54, 1.807) is 0 Å². The van der Waals surface area contributed by atoms with Gasteiger partial charge in [-0.1, -0.05) is 31.4 Å². The molecule has 2 heteroatoms. The van der Waals surface area contributed by atoms with Crippen molar-refractivity contribution in [3.8, 4) is 0 Å². The Hall–Kier alpha value is -0.300. The summed E-state index contributed by atoms with van der Waals surface area (Å²) in [6, 6.07) is 0. The number of carbonyl (C=O) groups excluding carboxylic acids is 1. The highest BCUT2D eigenvalue weighted by molar-refractivity contribution is 6.30. The largest absolute Gasteiger partial charge is 0.299 e. The van der Waals surface area contributed by atoms with Crippen molar-refractivity contribution in [2.45, 2.75) is 26.2 Å². The molecule has 0 aromatic rings. The van der Waals surface area contributed by atoms with Crippen molar-refractivity contribution in [2.24, 2.45) is 11.8 Å². The summed E-state index contributed by atoms with van der Waals surface area (Å²) in [6.45, 7) is 2.19. The second-order valence-corrected chi connectivity index (χ2v) is 3.64. The molecule has 1 aliphatic rings. The minimum Gasteiger partial charge on any atom is -0.299 e. The summed E-state index contributed by atoms with van der Waals surface area (Å²) in [5.41, 5.74) is 0. The summed E-state index contributed by atoms with van der Waals surface area (Å²) in [6.07, 6.45) is 5.88. The minimum atomic E-state index is 0.446. The molecule has 2 atom stereocenters. The van der Waals surface area contributed by atoms with Crippen LogP contribution >= 0.6 is 11.6 Å². The van der Waals surface area contributed by atoms with Gasteiger partial charge < -0.3 is 0 Å². The monoisotopic (exact) mass is 172 g/mol. The first kappa shape index (κ1) is 8.79. The molecule has 0 amide bonds. The van der Waals surface area contributed by atoms with Crippen molar-refractivity contribution >= 4 is 17.9 Å². The molecule has 0 heterocycles. The van der Waals surface area contributed by atoms with Gasteiger partial charge in [0.2, 0.25) is 0 Å². The van der Waals surface area contributed by atoms with Crippen LogP contribution in [0.25, 0.3) is 0 Å². The predicted molar refractivity (Wildman–Crippen MR) is 46.5 cm³/mol. The van der Waals surface area contributed by atoms with Crippen LogP contribution < -0.4 is 0 Å². The molecule has 1 saturated carbocycles. The fraction of sp³-hybridized carbons (Fsp3) is 0.667. The fourth-order valence-corrected chi connectivity index (χ4v) is 2.12. The molecule has 0 aliphatic heterocycles. The zero-order chi connectivity index (χ0) is 8.27. The van der Waals surface area contributed by atoms with Gasteiger partial charge >= 0.3 is 0 Å². The van der Waals surface area contributed by atoms with Crippen LogP contribution in [0.5, 0.6) is 0 Å². The number of halogens is 1. The molecule has 0 bridgehead atoms. The van der Waals surface area contributed by atoms with Crippen molar-refractivity contribution in [2.75, 3.05) is 0 Å². The zero-order valence-electron chi connectivity index (χ0n) is 6.72. The Morgan fingerprint density at radius 2 is 2.27 bits per heavy atom. The van der Waals surface area contributed by atoms with E-state index >= 15 is 0 Å². The second-order valence-electron chi connectivity index (χ2n) is 3.20. The van der Waals surface area contributed by atoms with Crippen LogP contribution in [0.4, 0.5) is 0 Å². The Labute approximate surface area is 72.4 Å². The third-order valence-corrected chi connectivity index (χ3v) is 2.85. The molecule has 0 aromatic carbocycles. The quantitative estimate of drug-likeness (QED) is 0.463. The number of aldehydes is 1. The van der Waals surface area contributed by atoms with Gasteiger partial charge in [0.15, 0.2) is 0 Å². The predicted octanol–water partition coefficient (Wildman–Crippen LogP) is 2.74. The minimum absolute atomic E-state index is 0.446. The third kappa shape index (κ3) is 2.06. The van der Waals surface area contributed by atoms with Crippen LogP contribution in [-0.2, 0) is 4.79 Å². The standard InChI is InChI=1S/C9H13ClO/c1-7-3-2-4-8(7)9(10)5-6-11/h5-8H,2-4H2,1H3/b9-5-/t7?,8-/m1/s1. The Kier molecular flexibility index (Phi) is 3.13. The van der Waals surface area contributed by atoms with E-state index < -0.39 is 0 Å². The summed E-state index contributed by atoms with van der Waals surface area (Å²) in [5, 5.41) is 0.741. The highest BCUT2D eigenvalue weighted by atomic mass is 35.5. The molecule has 1 nitrogen and oxygen atoms in total. The summed E-state index contributed by atoms with van der Waals surface area (Å²) >= 11 is 5.91. The maximum absolute atomic E-state index is 10.1. The molecule has 11 heavy (non-hydrogen) atoms. The fourth-order valence-electron chi connectivity index (χ4n) is 1.74. The second kappa shape index (κ2) is 3.91. The van der Waals surface area contributed by atoms with Gasteiger partial charge in [0.05, 0.1) is 0 Å². The van der Waals surface area contributed by atoms with Gasteiger partial charge in [-0.3, -0.25) is 4.79 Å². The van der Waals surface area contributed by atoms with Gasteiger partial charge in [-0.2, -0.15) is 0 Å². The normalized spacial score (nSPS) is 32.4. The Balaban J connectivity index is 2.58. The Morgan fingerprint density at radius 3 is 2.73 bits per heavy atom. The summed E-state index contributed by atoms with van der Waals surface area (Å²) in [7, 11) is 0. The summed E-state index contributed by atoms with van der Waals surface area (Å²) in [4.78, 5) is 10.1. The molecular weight excluding hydrogens is 160 g/mol. The lowest BCUT2D eigenvalue weighted by Crippen LogP contribution is -2.03. The topological polar surface area (TPSA) is 17.1 Å². The van der Waals surface area contributed by atoms with Gasteiger partial charge in [-0.05, 0) is 24.3 Å². The number of carbonyl (C=O) groups is 1. The van der Waals surface area contributed by atoms with Gasteiger partial charge in [-0.25, -0.2) is 0 Å². The molecule has 0 N–H and O–H groups in total. The van der Waals surface area contributed by atoms with Crippen LogP contribution in [0.1, 0.15) is 26.2 Å². The highest BCUT2D eigenvalue weighted by Crippen LogP contribution is 2.37. The smallest absolute Gasteiger partial charge is 0.144 e. The molecule has 1 aliphatic carbocycles. The average molecular weight is 173 g/mol. The zero-order valence-corrected chi connectivity index (χ0v) is 7.47. The van der Waals surface area contributed by atoms with Crippen molar-refractivity contribution in [1.82, 2.24) is 0 Å². The molecule has 0 aromatic heterocycles. The van der Waals surface area contributed by atoms with Gasteiger partial charge in [0, 0.05) is 5.03 Å². The number of hydrogen-bond donors (Lipinski definition) is 0. The van der Waals surface area contributed by atoms with Crippen LogP contribution in [0, 0.1) is 11.8 Å². The Bertz CT molecular complexity index is 174. The van der Waals surface area contributed by atoms with Crippen molar-refractivity contribution in [3.63, 3.8) is 0 Å². The lowest BCUT2D eigenvalue weighted by Gasteiger charge is -2.12. The van der Waals surface area contributed by atoms with E-state index in [-0.39, 0.29) is 0 Å². The first-order chi connectivity index (χ1) is 5.25. The molecule has 1 rings (SSSR count). The van der Waals surface area contributed by atoms with Gasteiger partial charge in [-0.15, -0.1) is 0 Å². The first-order valence-electron chi connectivity index (χ1n) is 4.06. The van der Waals surface area contributed by atoms with E-state index in [4.69, 9.17) is 11.6 Å². The van der Waals surface area contributed by atoms with Crippen LogP contribution in [0.3, 0.4) is 0 Å². The SMILES string of the molecule is CC1CCC[C@H]1/C(Cl)=C/C=O. The van der Waals surface area contributed by atoms with Crippen molar-refractivity contribution in [1.29, 1.82) is 0 Å². The van der Waals surface area contributed by atoms with Gasteiger partial charge in [0.25, 0.3) is 0 Å². The summed E-state index contributed by atoms with van der Waals surface area (Å²) < 4.78 is 0. The molecule has 0 saturated heterocycles. The average Bonchev–Trinajstić information content (AvgIpc) is 2.36. The molecule has 0 spiro atoms. The van der Waals surface area contributed by atoms with E-state index in [9.17, 15) is 4.79 Å². The van der Waals surface area contributed by atoms with Crippen LogP contribution in [0.2, 0.25) is 0 Å². The first-order valence-corrected chi connectivity index (χ1v) is 4.44. The maximum Gasteiger partial charge on any atom is 0.144 e. The van der Waals surface area contributed by atoms with Gasteiger partial charge in [0.1, 0.15) is 6.29 Å². The third-order valence-electron chi connectivity index (χ3n) is 2.44. The lowest BCUT2D eigenvalue weighted by atomic mass is 9.97. The van der Waals surface area contributed by atoms with Crippen LogP contribution in [-0.4, -0.2) is 6.29 Å². The molecule has 1 unspecified atom stereocenters. The van der Waals surface area contributed by atoms with E-state index in [1.807, 2.05) is 0 Å². The number of hydrogen-bond acceptors (Lipinski definition) is 1. The number of rotatable bonds is 2. The molecule has 62 valence electrons. The molecule has 1 fully saturated rings. The lowest BCUT2D eigenvalue weighted by molar-refractivity contribution is -0.104.